The molecule has 140 valence electrons. The van der Waals surface area contributed by atoms with Crippen LogP contribution in [0.2, 0.25) is 0 Å². The Labute approximate surface area is 164 Å². The van der Waals surface area contributed by atoms with Gasteiger partial charge >= 0.3 is 0 Å². The molecule has 1 aliphatic rings. The Bertz CT molecular complexity index is 626. The molecule has 5 nitrogen and oxygen atoms in total. The summed E-state index contributed by atoms with van der Waals surface area (Å²) in [5.74, 6) is -1.01. The molecule has 0 spiro atoms. The number of guanidine groups is 1. The van der Waals surface area contributed by atoms with Gasteiger partial charge < -0.3 is 16.0 Å². The van der Waals surface area contributed by atoms with E-state index in [1.54, 1.807) is 7.05 Å². The van der Waals surface area contributed by atoms with Crippen LogP contribution in [0.5, 0.6) is 0 Å². The third-order valence-electron chi connectivity index (χ3n) is 3.64. The third-order valence-corrected chi connectivity index (χ3v) is 3.64. The lowest BCUT2D eigenvalue weighted by Gasteiger charge is -2.21. The minimum absolute atomic E-state index is 0. The van der Waals surface area contributed by atoms with E-state index in [1.165, 1.54) is 18.2 Å². The Morgan fingerprint density at radius 2 is 1.88 bits per heavy atom. The average molecular weight is 466 g/mol. The predicted octanol–water partition coefficient (Wildman–Crippen LogP) is 2.52. The minimum atomic E-state index is -0.531. The summed E-state index contributed by atoms with van der Waals surface area (Å²) in [5.41, 5.74) is -0.199. The van der Waals surface area contributed by atoms with Crippen molar-refractivity contribution < 1.29 is 13.6 Å². The number of amides is 1. The average Bonchev–Trinajstić information content (AvgIpc) is 3.20. The normalized spacial score (nSPS) is 19.7. The Morgan fingerprint density at radius 3 is 2.40 bits per heavy atom. The standard InChI is InChI=1S/C17H24F2N4O.HI/c1-17(2,3)23-14(24)9-21-16(20-4)22-13-8-10(13)15-11(18)6-5-7-12(15)19;/h5-7,10,13H,8-9H2,1-4H3,(H,23,24)(H2,20,21,22);1H. The molecule has 25 heavy (non-hydrogen) atoms. The molecule has 2 unspecified atom stereocenters. The summed E-state index contributed by atoms with van der Waals surface area (Å²) in [6, 6.07) is 3.77. The molecule has 1 aromatic carbocycles. The molecular weight excluding hydrogens is 441 g/mol. The van der Waals surface area contributed by atoms with Crippen LogP contribution in [0, 0.1) is 11.6 Å². The van der Waals surface area contributed by atoms with Crippen molar-refractivity contribution in [1.29, 1.82) is 0 Å². The van der Waals surface area contributed by atoms with Crippen LogP contribution in [0.15, 0.2) is 23.2 Å². The molecule has 8 heteroatoms. The number of aliphatic imine (C=N–C) groups is 1. The summed E-state index contributed by atoms with van der Waals surface area (Å²) >= 11 is 0. The van der Waals surface area contributed by atoms with Gasteiger partial charge in [-0.15, -0.1) is 24.0 Å². The van der Waals surface area contributed by atoms with Crippen molar-refractivity contribution in [2.45, 2.75) is 44.7 Å². The molecule has 0 bridgehead atoms. The Kier molecular flexibility index (Phi) is 7.58. The lowest BCUT2D eigenvalue weighted by molar-refractivity contribution is -0.121. The van der Waals surface area contributed by atoms with Crippen LogP contribution in [0.1, 0.15) is 38.7 Å². The van der Waals surface area contributed by atoms with E-state index in [2.05, 4.69) is 20.9 Å². The molecule has 1 fully saturated rings. The molecule has 1 amide bonds. The van der Waals surface area contributed by atoms with E-state index < -0.39 is 11.6 Å². The highest BCUT2D eigenvalue weighted by atomic mass is 127. The highest BCUT2D eigenvalue weighted by Gasteiger charge is 2.42. The number of rotatable bonds is 4. The van der Waals surface area contributed by atoms with E-state index in [9.17, 15) is 13.6 Å². The molecule has 0 radical (unpaired) electrons. The van der Waals surface area contributed by atoms with Gasteiger partial charge in [-0.3, -0.25) is 9.79 Å². The van der Waals surface area contributed by atoms with Crippen LogP contribution < -0.4 is 16.0 Å². The first-order valence-electron chi connectivity index (χ1n) is 7.93. The number of carbonyl (C=O) groups is 1. The van der Waals surface area contributed by atoms with Crippen molar-refractivity contribution in [3.05, 3.63) is 35.4 Å². The Hall–Kier alpha value is -1.45. The van der Waals surface area contributed by atoms with Gasteiger partial charge in [-0.25, -0.2) is 8.78 Å². The van der Waals surface area contributed by atoms with Crippen LogP contribution in [-0.4, -0.2) is 37.0 Å². The number of benzene rings is 1. The number of halogens is 3. The molecule has 1 aromatic rings. The van der Waals surface area contributed by atoms with E-state index in [-0.39, 0.29) is 59.5 Å². The number of nitrogens with zero attached hydrogens (tertiary/aromatic N) is 1. The van der Waals surface area contributed by atoms with Crippen molar-refractivity contribution in [3.63, 3.8) is 0 Å². The maximum atomic E-state index is 13.8. The predicted molar refractivity (Wildman–Crippen MR) is 105 cm³/mol. The first kappa shape index (κ1) is 21.6. The summed E-state index contributed by atoms with van der Waals surface area (Å²) < 4.78 is 27.6. The second kappa shape index (κ2) is 8.77. The van der Waals surface area contributed by atoms with Gasteiger partial charge in [0.25, 0.3) is 0 Å². The van der Waals surface area contributed by atoms with Gasteiger partial charge in [0, 0.05) is 30.1 Å². The second-order valence-electron chi connectivity index (χ2n) is 6.95. The van der Waals surface area contributed by atoms with Gasteiger partial charge in [-0.1, -0.05) is 6.07 Å². The van der Waals surface area contributed by atoms with Crippen LogP contribution >= 0.6 is 24.0 Å². The van der Waals surface area contributed by atoms with E-state index in [0.717, 1.165) is 0 Å². The molecule has 0 aromatic heterocycles. The topological polar surface area (TPSA) is 65.5 Å². The maximum Gasteiger partial charge on any atom is 0.239 e. The monoisotopic (exact) mass is 466 g/mol. The lowest BCUT2D eigenvalue weighted by atomic mass is 10.1. The van der Waals surface area contributed by atoms with Crippen molar-refractivity contribution in [1.82, 2.24) is 16.0 Å². The highest BCUT2D eigenvalue weighted by Crippen LogP contribution is 2.42. The number of hydrogen-bond acceptors (Lipinski definition) is 2. The molecule has 0 aliphatic heterocycles. The molecule has 0 saturated heterocycles. The zero-order valence-corrected chi connectivity index (χ0v) is 17.2. The quantitative estimate of drug-likeness (QED) is 0.363. The summed E-state index contributed by atoms with van der Waals surface area (Å²) in [6.07, 6.45) is 0.618. The van der Waals surface area contributed by atoms with Crippen LogP contribution in [0.25, 0.3) is 0 Å². The van der Waals surface area contributed by atoms with Gasteiger partial charge in [0.15, 0.2) is 5.96 Å². The zero-order chi connectivity index (χ0) is 17.9. The number of carbonyl (C=O) groups excluding carboxylic acids is 1. The van der Waals surface area contributed by atoms with Crippen LogP contribution in [0.3, 0.4) is 0 Å². The molecule has 3 N–H and O–H groups in total. The second-order valence-corrected chi connectivity index (χ2v) is 6.95. The van der Waals surface area contributed by atoms with E-state index in [1.807, 2.05) is 20.8 Å². The van der Waals surface area contributed by atoms with Crippen LogP contribution in [-0.2, 0) is 4.79 Å². The lowest BCUT2D eigenvalue weighted by Crippen LogP contribution is -2.48. The van der Waals surface area contributed by atoms with Crippen molar-refractivity contribution in [2.24, 2.45) is 4.99 Å². The zero-order valence-electron chi connectivity index (χ0n) is 14.8. The molecule has 2 atom stereocenters. The summed E-state index contributed by atoms with van der Waals surface area (Å²) in [7, 11) is 1.58. The Balaban J connectivity index is 0.00000312. The third kappa shape index (κ3) is 6.41. The smallest absolute Gasteiger partial charge is 0.239 e. The molecule has 1 saturated carbocycles. The largest absolute Gasteiger partial charge is 0.353 e. The summed E-state index contributed by atoms with van der Waals surface area (Å²) in [4.78, 5) is 15.8. The first-order valence-corrected chi connectivity index (χ1v) is 7.93. The van der Waals surface area contributed by atoms with Gasteiger partial charge in [-0.2, -0.15) is 0 Å². The summed E-state index contributed by atoms with van der Waals surface area (Å²) in [5, 5.41) is 8.82. The fraction of sp³-hybridized carbons (Fsp3) is 0.529. The van der Waals surface area contributed by atoms with Gasteiger partial charge in [0.2, 0.25) is 5.91 Å². The minimum Gasteiger partial charge on any atom is -0.353 e. The fourth-order valence-electron chi connectivity index (χ4n) is 2.54. The number of hydrogen-bond donors (Lipinski definition) is 3. The van der Waals surface area contributed by atoms with Crippen molar-refractivity contribution >= 4 is 35.8 Å². The number of nitrogens with one attached hydrogen (secondary N) is 3. The van der Waals surface area contributed by atoms with E-state index in [0.29, 0.717) is 12.4 Å². The molecule has 2 rings (SSSR count). The van der Waals surface area contributed by atoms with Gasteiger partial charge in [0.05, 0.1) is 6.54 Å². The van der Waals surface area contributed by atoms with Crippen LogP contribution in [0.4, 0.5) is 8.78 Å². The highest BCUT2D eigenvalue weighted by molar-refractivity contribution is 14.0. The van der Waals surface area contributed by atoms with Crippen molar-refractivity contribution in [3.8, 4) is 0 Å². The fourth-order valence-corrected chi connectivity index (χ4v) is 2.54. The summed E-state index contributed by atoms with van der Waals surface area (Å²) in [6.45, 7) is 5.77. The van der Waals surface area contributed by atoms with E-state index in [4.69, 9.17) is 0 Å². The Morgan fingerprint density at radius 1 is 1.28 bits per heavy atom. The van der Waals surface area contributed by atoms with Gasteiger partial charge in [-0.05, 0) is 39.3 Å². The maximum absolute atomic E-state index is 13.8. The SMILES string of the molecule is CN=C(NCC(=O)NC(C)(C)C)NC1CC1c1c(F)cccc1F.I. The van der Waals surface area contributed by atoms with Gasteiger partial charge in [0.1, 0.15) is 11.6 Å². The van der Waals surface area contributed by atoms with E-state index >= 15 is 0 Å². The van der Waals surface area contributed by atoms with Crippen molar-refractivity contribution in [2.75, 3.05) is 13.6 Å². The molecular formula is C17H25F2IN4O. The molecule has 0 heterocycles. The first-order chi connectivity index (χ1) is 11.2. The molecule has 1 aliphatic carbocycles.